The van der Waals surface area contributed by atoms with Gasteiger partial charge in [0, 0.05) is 19.5 Å². The predicted molar refractivity (Wildman–Crippen MR) is 168 cm³/mol. The number of carbonyl (C=O) groups is 3. The van der Waals surface area contributed by atoms with Crippen molar-refractivity contribution in [3.05, 3.63) is 137 Å². The molecular formula is C35H36ClNO6. The number of amides is 1. The number of aliphatic carboxylic acids is 1. The van der Waals surface area contributed by atoms with Gasteiger partial charge in [-0.25, -0.2) is 4.79 Å². The molecular weight excluding hydrogens is 566 g/mol. The van der Waals surface area contributed by atoms with E-state index >= 15 is 0 Å². The standard InChI is InChI=1S/C35H35NO6.ClH/c37-33(20-21-34(38)39)36(24-28-16-18-31(19-17-28)35(40)41)23-22-30-8-4-5-9-32(30)42-25-29-14-12-27(13-15-29)11-10-26-6-2-1-3-7-26;/h1-9,12-19H,10-11,20-25H2,(H,38,39)(H,40,41);1H. The van der Waals surface area contributed by atoms with Crippen LogP contribution in [0.15, 0.2) is 103 Å². The molecule has 0 aliphatic rings. The third-order valence-corrected chi connectivity index (χ3v) is 7.07. The first-order valence-electron chi connectivity index (χ1n) is 14.0. The number of rotatable bonds is 15. The van der Waals surface area contributed by atoms with E-state index in [2.05, 4.69) is 48.5 Å². The molecule has 0 fully saturated rings. The normalized spacial score (nSPS) is 10.4. The monoisotopic (exact) mass is 601 g/mol. The second kappa shape index (κ2) is 16.7. The topological polar surface area (TPSA) is 104 Å². The van der Waals surface area contributed by atoms with Gasteiger partial charge in [0.1, 0.15) is 12.4 Å². The van der Waals surface area contributed by atoms with Crippen LogP contribution in [0.2, 0.25) is 0 Å². The largest absolute Gasteiger partial charge is 0.489 e. The zero-order chi connectivity index (χ0) is 29.7. The van der Waals surface area contributed by atoms with Crippen LogP contribution in [0.1, 0.15) is 51.0 Å². The molecule has 1 amide bonds. The van der Waals surface area contributed by atoms with E-state index in [9.17, 15) is 14.4 Å². The molecule has 0 aliphatic heterocycles. The number of benzene rings is 4. The quantitative estimate of drug-likeness (QED) is 0.159. The lowest BCUT2D eigenvalue weighted by atomic mass is 10.0. The molecule has 8 heteroatoms. The Bertz CT molecular complexity index is 1470. The molecule has 2 N–H and O–H groups in total. The van der Waals surface area contributed by atoms with Gasteiger partial charge in [0.2, 0.25) is 5.91 Å². The first-order chi connectivity index (χ1) is 20.4. The van der Waals surface area contributed by atoms with Crippen LogP contribution in [-0.4, -0.2) is 39.5 Å². The van der Waals surface area contributed by atoms with Crippen molar-refractivity contribution in [1.29, 1.82) is 0 Å². The molecule has 43 heavy (non-hydrogen) atoms. The van der Waals surface area contributed by atoms with Crippen LogP contribution in [0, 0.1) is 0 Å². The summed E-state index contributed by atoms with van der Waals surface area (Å²) in [6.07, 6.45) is 2.12. The Morgan fingerprint density at radius 1 is 0.628 bits per heavy atom. The highest BCUT2D eigenvalue weighted by Crippen LogP contribution is 2.22. The van der Waals surface area contributed by atoms with Gasteiger partial charge in [0.05, 0.1) is 12.0 Å². The fraction of sp³-hybridized carbons (Fsp3) is 0.229. The maximum absolute atomic E-state index is 12.9. The summed E-state index contributed by atoms with van der Waals surface area (Å²) >= 11 is 0. The molecule has 0 aromatic heterocycles. The van der Waals surface area contributed by atoms with Crippen molar-refractivity contribution >= 4 is 30.3 Å². The lowest BCUT2D eigenvalue weighted by molar-refractivity contribution is -0.141. The average molecular weight is 602 g/mol. The minimum absolute atomic E-state index is 0. The SMILES string of the molecule is Cl.O=C(O)CCC(=O)N(CCc1ccccc1OCc1ccc(CCc2ccccc2)cc1)Cc1ccc(C(=O)O)cc1. The molecule has 0 radical (unpaired) electrons. The molecule has 0 heterocycles. The summed E-state index contributed by atoms with van der Waals surface area (Å²) in [6.45, 7) is 1.01. The van der Waals surface area contributed by atoms with Gasteiger partial charge in [-0.05, 0) is 65.3 Å². The van der Waals surface area contributed by atoms with E-state index in [0.717, 1.165) is 35.3 Å². The zero-order valence-corrected chi connectivity index (χ0v) is 24.7. The Hall–Kier alpha value is -4.62. The molecule has 7 nitrogen and oxygen atoms in total. The smallest absolute Gasteiger partial charge is 0.335 e. The van der Waals surface area contributed by atoms with Crippen LogP contribution >= 0.6 is 12.4 Å². The number of hydrogen-bond acceptors (Lipinski definition) is 4. The Balaban J connectivity index is 0.00000506. The van der Waals surface area contributed by atoms with Gasteiger partial charge in [0.25, 0.3) is 0 Å². The second-order valence-corrected chi connectivity index (χ2v) is 10.2. The fourth-order valence-electron chi connectivity index (χ4n) is 4.64. The highest BCUT2D eigenvalue weighted by molar-refractivity contribution is 5.87. The summed E-state index contributed by atoms with van der Waals surface area (Å²) in [4.78, 5) is 36.8. The molecule has 4 aromatic carbocycles. The second-order valence-electron chi connectivity index (χ2n) is 10.2. The van der Waals surface area contributed by atoms with Gasteiger partial charge in [-0.1, -0.05) is 84.9 Å². The predicted octanol–water partition coefficient (Wildman–Crippen LogP) is 6.61. The fourth-order valence-corrected chi connectivity index (χ4v) is 4.64. The molecule has 0 bridgehead atoms. The van der Waals surface area contributed by atoms with Gasteiger partial charge in [-0.15, -0.1) is 12.4 Å². The Labute approximate surface area is 258 Å². The maximum Gasteiger partial charge on any atom is 0.335 e. The van der Waals surface area contributed by atoms with Crippen LogP contribution in [0.3, 0.4) is 0 Å². The Morgan fingerprint density at radius 2 is 1.21 bits per heavy atom. The Kier molecular flexibility index (Phi) is 12.8. The van der Waals surface area contributed by atoms with Gasteiger partial charge in [-0.2, -0.15) is 0 Å². The van der Waals surface area contributed by atoms with Crippen molar-refractivity contribution in [1.82, 2.24) is 4.90 Å². The summed E-state index contributed by atoms with van der Waals surface area (Å²) < 4.78 is 6.18. The van der Waals surface area contributed by atoms with Crippen LogP contribution in [-0.2, 0) is 42.0 Å². The highest BCUT2D eigenvalue weighted by atomic mass is 35.5. The number of hydrogen-bond donors (Lipinski definition) is 2. The van der Waals surface area contributed by atoms with Crippen LogP contribution in [0.5, 0.6) is 5.75 Å². The summed E-state index contributed by atoms with van der Waals surface area (Å²) in [7, 11) is 0. The summed E-state index contributed by atoms with van der Waals surface area (Å²) in [6, 6.07) is 32.9. The van der Waals surface area contributed by atoms with E-state index < -0.39 is 11.9 Å². The molecule has 0 unspecified atom stereocenters. The first-order valence-corrected chi connectivity index (χ1v) is 14.0. The molecule has 4 rings (SSSR count). The molecule has 224 valence electrons. The number of carboxylic acids is 2. The van der Waals surface area contributed by atoms with Crippen LogP contribution in [0.25, 0.3) is 0 Å². The number of para-hydroxylation sites is 1. The minimum atomic E-state index is -1.03. The average Bonchev–Trinajstić information content (AvgIpc) is 3.01. The summed E-state index contributed by atoms with van der Waals surface area (Å²) in [5.74, 6) is -1.59. The van der Waals surface area contributed by atoms with E-state index in [1.54, 1.807) is 17.0 Å². The molecule has 0 aliphatic carbocycles. The number of aromatic carboxylic acids is 1. The number of carbonyl (C=O) groups excluding carboxylic acids is 1. The van der Waals surface area contributed by atoms with Gasteiger partial charge in [-0.3, -0.25) is 9.59 Å². The van der Waals surface area contributed by atoms with Crippen LogP contribution < -0.4 is 4.74 Å². The Morgan fingerprint density at radius 3 is 1.86 bits per heavy atom. The molecule has 0 saturated heterocycles. The third kappa shape index (κ3) is 10.6. The van der Waals surface area contributed by atoms with Crippen molar-refractivity contribution in [3.63, 3.8) is 0 Å². The number of ether oxygens (including phenoxy) is 1. The van der Waals surface area contributed by atoms with E-state index in [1.807, 2.05) is 30.3 Å². The summed E-state index contributed by atoms with van der Waals surface area (Å²) in [5, 5.41) is 18.2. The van der Waals surface area contributed by atoms with Crippen molar-refractivity contribution in [3.8, 4) is 5.75 Å². The van der Waals surface area contributed by atoms with E-state index in [1.165, 1.54) is 23.3 Å². The van der Waals surface area contributed by atoms with E-state index in [0.29, 0.717) is 19.6 Å². The van der Waals surface area contributed by atoms with E-state index in [-0.39, 0.29) is 43.3 Å². The minimum Gasteiger partial charge on any atom is -0.489 e. The molecule has 4 aromatic rings. The molecule has 0 saturated carbocycles. The van der Waals surface area contributed by atoms with Crippen molar-refractivity contribution < 1.29 is 29.3 Å². The van der Waals surface area contributed by atoms with Crippen molar-refractivity contribution in [2.45, 2.75) is 45.3 Å². The number of aryl methyl sites for hydroxylation is 2. The number of nitrogens with zero attached hydrogens (tertiary/aromatic N) is 1. The van der Waals surface area contributed by atoms with Gasteiger partial charge >= 0.3 is 11.9 Å². The van der Waals surface area contributed by atoms with Gasteiger partial charge in [0.15, 0.2) is 0 Å². The third-order valence-electron chi connectivity index (χ3n) is 7.07. The van der Waals surface area contributed by atoms with Crippen molar-refractivity contribution in [2.24, 2.45) is 0 Å². The summed E-state index contributed by atoms with van der Waals surface area (Å²) in [5.41, 5.74) is 5.52. The lowest BCUT2D eigenvalue weighted by Gasteiger charge is -2.23. The zero-order valence-electron chi connectivity index (χ0n) is 23.9. The molecule has 0 spiro atoms. The first kappa shape index (κ1) is 32.9. The van der Waals surface area contributed by atoms with Crippen LogP contribution in [0.4, 0.5) is 0 Å². The van der Waals surface area contributed by atoms with Crippen molar-refractivity contribution in [2.75, 3.05) is 6.54 Å². The number of carboxylic acid groups (broad SMARTS) is 2. The van der Waals surface area contributed by atoms with Gasteiger partial charge < -0.3 is 19.8 Å². The lowest BCUT2D eigenvalue weighted by Crippen LogP contribution is -2.32. The highest BCUT2D eigenvalue weighted by Gasteiger charge is 2.17. The maximum atomic E-state index is 12.9. The molecule has 0 atom stereocenters. The number of halogens is 1. The van der Waals surface area contributed by atoms with E-state index in [4.69, 9.17) is 14.9 Å².